The molecule has 1 fully saturated rings. The van der Waals surface area contributed by atoms with Crippen molar-refractivity contribution < 1.29 is 14.6 Å². The molecule has 2 atom stereocenters. The van der Waals surface area contributed by atoms with Crippen LogP contribution in [0.2, 0.25) is 0 Å². The van der Waals surface area contributed by atoms with Crippen LogP contribution < -0.4 is 4.74 Å². The van der Waals surface area contributed by atoms with Gasteiger partial charge in [0, 0.05) is 18.0 Å². The Morgan fingerprint density at radius 1 is 1.07 bits per heavy atom. The van der Waals surface area contributed by atoms with Crippen molar-refractivity contribution in [2.75, 3.05) is 7.11 Å². The zero-order chi connectivity index (χ0) is 19.1. The fraction of sp³-hybridized carbons (Fsp3) is 0.304. The van der Waals surface area contributed by atoms with Gasteiger partial charge in [-0.15, -0.1) is 0 Å². The summed E-state index contributed by atoms with van der Waals surface area (Å²) in [5.41, 5.74) is 2.29. The lowest BCUT2D eigenvalue weighted by molar-refractivity contribution is -0.138. The number of fused-ring (bicyclic) bond motifs is 1. The molecule has 1 heterocycles. The minimum absolute atomic E-state index is 0.297. The largest absolute Gasteiger partial charge is 0.496 e. The van der Waals surface area contributed by atoms with Crippen LogP contribution in [0.1, 0.15) is 37.2 Å². The van der Waals surface area contributed by atoms with Gasteiger partial charge in [0.1, 0.15) is 5.75 Å². The van der Waals surface area contributed by atoms with Crippen LogP contribution in [0, 0.1) is 5.92 Å². The number of para-hydroxylation sites is 2. The van der Waals surface area contributed by atoms with Gasteiger partial charge in [0.2, 0.25) is 0 Å². The molecule has 4 rings (SSSR count). The molecule has 1 aliphatic rings. The van der Waals surface area contributed by atoms with E-state index in [2.05, 4.69) is 23.2 Å². The first kappa shape index (κ1) is 18.9. The first-order valence-corrected chi connectivity index (χ1v) is 9.32. The van der Waals surface area contributed by atoms with E-state index in [4.69, 9.17) is 9.84 Å². The van der Waals surface area contributed by atoms with Gasteiger partial charge in [-0.2, -0.15) is 0 Å². The number of hydrogen-bond donors (Lipinski definition) is 1. The Labute approximate surface area is 159 Å². The summed E-state index contributed by atoms with van der Waals surface area (Å²) in [6, 6.07) is 20.1. The third-order valence-corrected chi connectivity index (χ3v) is 5.10. The molecule has 4 heteroatoms. The minimum Gasteiger partial charge on any atom is -0.496 e. The zero-order valence-corrected chi connectivity index (χ0v) is 15.5. The average molecular weight is 363 g/mol. The first-order chi connectivity index (χ1) is 13.2. The molecule has 140 valence electrons. The lowest BCUT2D eigenvalue weighted by Gasteiger charge is -2.14. The molecule has 0 aliphatic heterocycles. The molecular formula is C23H25NO3. The number of methoxy groups -OCH3 is 1. The van der Waals surface area contributed by atoms with Crippen molar-refractivity contribution in [2.24, 2.45) is 5.92 Å². The molecule has 0 bridgehead atoms. The average Bonchev–Trinajstić information content (AvgIpc) is 3.16. The Bertz CT molecular complexity index is 828. The summed E-state index contributed by atoms with van der Waals surface area (Å²) in [5, 5.41) is 10.0. The third-order valence-electron chi connectivity index (χ3n) is 5.10. The molecular weight excluding hydrogens is 338 g/mol. The highest BCUT2D eigenvalue weighted by molar-refractivity contribution is 5.77. The van der Waals surface area contributed by atoms with Crippen molar-refractivity contribution in [1.82, 2.24) is 4.98 Å². The Hall–Kier alpha value is -2.88. The zero-order valence-electron chi connectivity index (χ0n) is 15.5. The maximum atomic E-state index is 10.7. The van der Waals surface area contributed by atoms with Gasteiger partial charge in [-0.05, 0) is 54.9 Å². The summed E-state index contributed by atoms with van der Waals surface area (Å²) in [6.45, 7) is 0. The van der Waals surface area contributed by atoms with Crippen molar-refractivity contribution in [3.63, 3.8) is 0 Å². The molecule has 1 aromatic heterocycles. The molecule has 2 aromatic carbocycles. The summed E-state index contributed by atoms with van der Waals surface area (Å²) in [6.07, 6.45) is 5.15. The summed E-state index contributed by atoms with van der Waals surface area (Å²) in [4.78, 5) is 14.9. The number of hydrogen-bond acceptors (Lipinski definition) is 3. The van der Waals surface area contributed by atoms with Crippen LogP contribution in [0.25, 0.3) is 10.9 Å². The van der Waals surface area contributed by atoms with Crippen LogP contribution in [0.3, 0.4) is 0 Å². The number of carboxylic acids is 1. The second-order valence-electron chi connectivity index (χ2n) is 6.91. The third kappa shape index (κ3) is 5.07. The predicted octanol–water partition coefficient (Wildman–Crippen LogP) is 5.29. The molecule has 1 N–H and O–H groups in total. The highest BCUT2D eigenvalue weighted by Gasteiger charge is 2.28. The van der Waals surface area contributed by atoms with E-state index < -0.39 is 5.97 Å². The highest BCUT2D eigenvalue weighted by Crippen LogP contribution is 2.42. The summed E-state index contributed by atoms with van der Waals surface area (Å²) in [5.74, 6) is 1.02. The van der Waals surface area contributed by atoms with E-state index in [0.29, 0.717) is 18.3 Å². The molecule has 3 aromatic rings. The van der Waals surface area contributed by atoms with Gasteiger partial charge in [0.15, 0.2) is 0 Å². The molecule has 0 spiro atoms. The van der Waals surface area contributed by atoms with Crippen LogP contribution in [-0.4, -0.2) is 23.2 Å². The van der Waals surface area contributed by atoms with Crippen LogP contribution in [0.15, 0.2) is 66.9 Å². The van der Waals surface area contributed by atoms with E-state index in [0.717, 1.165) is 30.5 Å². The topological polar surface area (TPSA) is 59.4 Å². The van der Waals surface area contributed by atoms with Crippen molar-refractivity contribution in [3.8, 4) is 5.75 Å². The Morgan fingerprint density at radius 3 is 2.59 bits per heavy atom. The SMILES string of the molecule is COc1ccccc1C1CCC(CC(=O)O)C1.c1ccc2ncccc2c1. The Balaban J connectivity index is 0.000000177. The Kier molecular flexibility index (Phi) is 6.42. The number of aromatic nitrogens is 1. The number of benzene rings is 2. The number of ether oxygens (including phenoxy) is 1. The van der Waals surface area contributed by atoms with Gasteiger partial charge in [0.05, 0.1) is 12.6 Å². The first-order valence-electron chi connectivity index (χ1n) is 9.32. The van der Waals surface area contributed by atoms with Gasteiger partial charge >= 0.3 is 5.97 Å². The molecule has 0 radical (unpaired) electrons. The fourth-order valence-electron chi connectivity index (χ4n) is 3.81. The quantitative estimate of drug-likeness (QED) is 0.684. The van der Waals surface area contributed by atoms with Gasteiger partial charge < -0.3 is 9.84 Å². The van der Waals surface area contributed by atoms with Gasteiger partial charge in [-0.25, -0.2) is 0 Å². The van der Waals surface area contributed by atoms with Crippen molar-refractivity contribution in [3.05, 3.63) is 72.4 Å². The molecule has 4 nitrogen and oxygen atoms in total. The van der Waals surface area contributed by atoms with Crippen LogP contribution in [0.5, 0.6) is 5.75 Å². The number of pyridine rings is 1. The molecule has 0 amide bonds. The fourth-order valence-corrected chi connectivity index (χ4v) is 3.81. The lowest BCUT2D eigenvalue weighted by Crippen LogP contribution is -2.04. The van der Waals surface area contributed by atoms with Crippen molar-refractivity contribution >= 4 is 16.9 Å². The number of rotatable bonds is 4. The second kappa shape index (κ2) is 9.17. The van der Waals surface area contributed by atoms with Gasteiger partial charge in [-0.3, -0.25) is 9.78 Å². The van der Waals surface area contributed by atoms with E-state index in [1.54, 1.807) is 7.11 Å². The smallest absolute Gasteiger partial charge is 0.303 e. The van der Waals surface area contributed by atoms with E-state index in [1.807, 2.05) is 48.7 Å². The molecule has 1 saturated carbocycles. The normalized spacial score (nSPS) is 18.6. The molecule has 2 unspecified atom stereocenters. The van der Waals surface area contributed by atoms with Crippen LogP contribution in [-0.2, 0) is 4.79 Å². The highest BCUT2D eigenvalue weighted by atomic mass is 16.5. The molecule has 1 aliphatic carbocycles. The van der Waals surface area contributed by atoms with Crippen LogP contribution in [0.4, 0.5) is 0 Å². The van der Waals surface area contributed by atoms with Gasteiger partial charge in [-0.1, -0.05) is 42.5 Å². The maximum Gasteiger partial charge on any atom is 0.303 e. The second-order valence-corrected chi connectivity index (χ2v) is 6.91. The summed E-state index contributed by atoms with van der Waals surface area (Å²) < 4.78 is 5.36. The Morgan fingerprint density at radius 2 is 1.81 bits per heavy atom. The van der Waals surface area contributed by atoms with E-state index >= 15 is 0 Å². The molecule has 27 heavy (non-hydrogen) atoms. The van der Waals surface area contributed by atoms with Gasteiger partial charge in [0.25, 0.3) is 0 Å². The van der Waals surface area contributed by atoms with E-state index in [1.165, 1.54) is 10.9 Å². The monoisotopic (exact) mass is 363 g/mol. The molecule has 0 saturated heterocycles. The summed E-state index contributed by atoms with van der Waals surface area (Å²) >= 11 is 0. The summed E-state index contributed by atoms with van der Waals surface area (Å²) in [7, 11) is 1.68. The number of nitrogens with zero attached hydrogens (tertiary/aromatic N) is 1. The predicted molar refractivity (Wildman–Crippen MR) is 107 cm³/mol. The number of carbonyl (C=O) groups is 1. The minimum atomic E-state index is -0.685. The maximum absolute atomic E-state index is 10.7. The van der Waals surface area contributed by atoms with Crippen LogP contribution >= 0.6 is 0 Å². The van der Waals surface area contributed by atoms with E-state index in [9.17, 15) is 4.79 Å². The van der Waals surface area contributed by atoms with Crippen molar-refractivity contribution in [1.29, 1.82) is 0 Å². The lowest BCUT2D eigenvalue weighted by atomic mass is 9.94. The number of carboxylic acid groups (broad SMARTS) is 1. The number of aliphatic carboxylic acids is 1. The standard InChI is InChI=1S/C14H18O3.C9H7N/c1-17-13-5-3-2-4-12(13)11-7-6-10(8-11)9-14(15)16;1-2-6-9-8(4-1)5-3-7-10-9/h2-5,10-11H,6-9H2,1H3,(H,15,16);1-7H. The van der Waals surface area contributed by atoms with Crippen molar-refractivity contribution in [2.45, 2.75) is 31.6 Å². The van der Waals surface area contributed by atoms with E-state index in [-0.39, 0.29) is 0 Å².